The molecule has 28 heavy (non-hydrogen) atoms. The largest absolute Gasteiger partial charge is 0.508 e. The predicted octanol–water partition coefficient (Wildman–Crippen LogP) is 3.74. The van der Waals surface area contributed by atoms with Gasteiger partial charge in [0, 0.05) is 5.57 Å². The van der Waals surface area contributed by atoms with Crippen molar-refractivity contribution in [3.8, 4) is 17.2 Å². The topological polar surface area (TPSA) is 55.8 Å². The summed E-state index contributed by atoms with van der Waals surface area (Å²) < 4.78 is 11.3. The summed E-state index contributed by atoms with van der Waals surface area (Å²) in [5.74, 6) is 1.63. The van der Waals surface area contributed by atoms with Gasteiger partial charge in [-0.05, 0) is 57.9 Å². The SMILES string of the molecule is COc1cccc(OC)c1C1=C2C=CC(=O)C=C2[Si](C)(C)c2cc(O)ccc21. The number of phenolic OH excluding ortho intramolecular Hbond substituents is 1. The van der Waals surface area contributed by atoms with Crippen LogP contribution in [0.15, 0.2) is 65.4 Å². The number of allylic oxidation sites excluding steroid dienone is 5. The van der Waals surface area contributed by atoms with Crippen LogP contribution in [0, 0.1) is 0 Å². The van der Waals surface area contributed by atoms with Crippen LogP contribution in [0.25, 0.3) is 5.57 Å². The van der Waals surface area contributed by atoms with Crippen molar-refractivity contribution in [1.82, 2.24) is 0 Å². The molecule has 0 saturated carbocycles. The molecule has 5 heteroatoms. The maximum atomic E-state index is 12.2. The molecule has 4 nitrogen and oxygen atoms in total. The van der Waals surface area contributed by atoms with Crippen LogP contribution >= 0.6 is 0 Å². The maximum absolute atomic E-state index is 12.2. The van der Waals surface area contributed by atoms with Gasteiger partial charge in [-0.15, -0.1) is 0 Å². The number of fused-ring (bicyclic) bond motifs is 2. The first kappa shape index (κ1) is 18.3. The van der Waals surface area contributed by atoms with E-state index in [-0.39, 0.29) is 11.5 Å². The van der Waals surface area contributed by atoms with E-state index in [1.165, 1.54) is 0 Å². The molecule has 1 aliphatic carbocycles. The van der Waals surface area contributed by atoms with E-state index in [1.807, 2.05) is 36.4 Å². The summed E-state index contributed by atoms with van der Waals surface area (Å²) in [5.41, 5.74) is 3.88. The van der Waals surface area contributed by atoms with Crippen molar-refractivity contribution in [2.24, 2.45) is 0 Å². The maximum Gasteiger partial charge on any atom is 0.178 e. The van der Waals surface area contributed by atoms with Gasteiger partial charge in [-0.3, -0.25) is 4.79 Å². The van der Waals surface area contributed by atoms with Gasteiger partial charge in [0.1, 0.15) is 25.3 Å². The molecule has 0 fully saturated rings. The normalized spacial score (nSPS) is 17.0. The Balaban J connectivity index is 2.17. The molecule has 2 aromatic rings. The quantitative estimate of drug-likeness (QED) is 0.811. The molecule has 0 unspecified atom stereocenters. The van der Waals surface area contributed by atoms with Crippen molar-refractivity contribution in [2.45, 2.75) is 13.1 Å². The van der Waals surface area contributed by atoms with Crippen LogP contribution in [-0.2, 0) is 4.79 Å². The average molecular weight is 391 g/mol. The van der Waals surface area contributed by atoms with Crippen LogP contribution in [0.1, 0.15) is 11.1 Å². The first-order valence-corrected chi connectivity index (χ1v) is 12.1. The molecule has 1 heterocycles. The Morgan fingerprint density at radius 2 is 1.64 bits per heavy atom. The lowest BCUT2D eigenvalue weighted by molar-refractivity contribution is -0.110. The van der Waals surface area contributed by atoms with Crippen molar-refractivity contribution in [3.05, 3.63) is 76.5 Å². The molecule has 1 aliphatic heterocycles. The van der Waals surface area contributed by atoms with Crippen molar-refractivity contribution >= 4 is 24.6 Å². The molecule has 0 radical (unpaired) electrons. The molecule has 4 rings (SSSR count). The van der Waals surface area contributed by atoms with E-state index < -0.39 is 8.07 Å². The van der Waals surface area contributed by atoms with Gasteiger partial charge in [0.2, 0.25) is 0 Å². The number of carbonyl (C=O) groups excluding carboxylic acids is 1. The summed E-state index contributed by atoms with van der Waals surface area (Å²) >= 11 is 0. The lowest BCUT2D eigenvalue weighted by Crippen LogP contribution is -2.49. The second-order valence-corrected chi connectivity index (χ2v) is 11.8. The summed E-state index contributed by atoms with van der Waals surface area (Å²) in [7, 11) is 1.09. The fourth-order valence-corrected chi connectivity index (χ4v) is 7.25. The number of methoxy groups -OCH3 is 2. The van der Waals surface area contributed by atoms with Gasteiger partial charge in [0.05, 0.1) is 19.8 Å². The summed E-state index contributed by atoms with van der Waals surface area (Å²) in [6.45, 7) is 4.42. The molecule has 0 saturated heterocycles. The first-order chi connectivity index (χ1) is 13.4. The smallest absolute Gasteiger partial charge is 0.178 e. The fraction of sp³-hybridized carbons (Fsp3) is 0.174. The van der Waals surface area contributed by atoms with E-state index in [1.54, 1.807) is 32.4 Å². The fourth-order valence-electron chi connectivity index (χ4n) is 4.18. The molecular formula is C23H22O4Si. The average Bonchev–Trinajstić information content (AvgIpc) is 2.69. The van der Waals surface area contributed by atoms with Gasteiger partial charge in [0.15, 0.2) is 5.78 Å². The summed E-state index contributed by atoms with van der Waals surface area (Å²) in [5, 5.41) is 12.3. The zero-order valence-corrected chi connectivity index (χ0v) is 17.4. The highest BCUT2D eigenvalue weighted by Crippen LogP contribution is 2.46. The third-order valence-electron chi connectivity index (χ3n) is 5.56. The van der Waals surface area contributed by atoms with Crippen LogP contribution in [0.4, 0.5) is 0 Å². The number of hydrogen-bond donors (Lipinski definition) is 1. The Hall–Kier alpha value is -3.05. The Kier molecular flexibility index (Phi) is 4.27. The van der Waals surface area contributed by atoms with Crippen molar-refractivity contribution in [1.29, 1.82) is 0 Å². The van der Waals surface area contributed by atoms with Crippen LogP contribution < -0.4 is 14.7 Å². The lowest BCUT2D eigenvalue weighted by atomic mass is 9.88. The summed E-state index contributed by atoms with van der Waals surface area (Å²) in [4.78, 5) is 12.2. The monoisotopic (exact) mass is 390 g/mol. The second kappa shape index (κ2) is 6.53. The van der Waals surface area contributed by atoms with E-state index in [0.29, 0.717) is 11.5 Å². The van der Waals surface area contributed by atoms with E-state index in [0.717, 1.165) is 32.7 Å². The zero-order valence-electron chi connectivity index (χ0n) is 16.4. The molecule has 2 aliphatic rings. The van der Waals surface area contributed by atoms with Gasteiger partial charge in [-0.2, -0.15) is 0 Å². The van der Waals surface area contributed by atoms with Crippen molar-refractivity contribution in [2.75, 3.05) is 14.2 Å². The minimum Gasteiger partial charge on any atom is -0.508 e. The van der Waals surface area contributed by atoms with Crippen LogP contribution in [-0.4, -0.2) is 33.2 Å². The van der Waals surface area contributed by atoms with Crippen LogP contribution in [0.2, 0.25) is 13.1 Å². The molecule has 142 valence electrons. The minimum atomic E-state index is -2.19. The van der Waals surface area contributed by atoms with E-state index in [4.69, 9.17) is 9.47 Å². The molecular weight excluding hydrogens is 368 g/mol. The molecule has 0 atom stereocenters. The van der Waals surface area contributed by atoms with Gasteiger partial charge < -0.3 is 14.6 Å². The molecule has 1 N–H and O–H groups in total. The number of carbonyl (C=O) groups is 1. The summed E-state index contributed by atoms with van der Waals surface area (Å²) in [6, 6.07) is 11.2. The molecule has 0 aromatic heterocycles. The minimum absolute atomic E-state index is 0.00531. The van der Waals surface area contributed by atoms with E-state index >= 15 is 0 Å². The molecule has 0 spiro atoms. The Morgan fingerprint density at radius 3 is 2.29 bits per heavy atom. The Bertz CT molecular complexity index is 1070. The Labute approximate surface area is 165 Å². The highest BCUT2D eigenvalue weighted by Gasteiger charge is 2.41. The zero-order chi connectivity index (χ0) is 20.1. The van der Waals surface area contributed by atoms with Crippen molar-refractivity contribution in [3.63, 3.8) is 0 Å². The number of rotatable bonds is 3. The second-order valence-electron chi connectivity index (χ2n) is 7.47. The number of ketones is 1. The van der Waals surface area contributed by atoms with Gasteiger partial charge >= 0.3 is 0 Å². The molecule has 0 amide bonds. The van der Waals surface area contributed by atoms with Crippen molar-refractivity contribution < 1.29 is 19.4 Å². The van der Waals surface area contributed by atoms with Gasteiger partial charge in [-0.1, -0.05) is 31.3 Å². The van der Waals surface area contributed by atoms with Gasteiger partial charge in [0.25, 0.3) is 0 Å². The standard InChI is InChI=1S/C23H22O4Si/c1-26-18-6-5-7-19(27-2)23(18)22-16-10-8-14(24)12-20(16)28(3,4)21-13-15(25)9-11-17(21)22/h5-13,24H,1-4H3. The third kappa shape index (κ3) is 2.62. The summed E-state index contributed by atoms with van der Waals surface area (Å²) in [6.07, 6.45) is 5.26. The van der Waals surface area contributed by atoms with Crippen LogP contribution in [0.5, 0.6) is 17.2 Å². The molecule has 0 bridgehead atoms. The van der Waals surface area contributed by atoms with Crippen LogP contribution in [0.3, 0.4) is 0 Å². The number of phenols is 1. The highest BCUT2D eigenvalue weighted by atomic mass is 28.3. The number of ether oxygens (including phenoxy) is 2. The number of hydrogen-bond acceptors (Lipinski definition) is 4. The van der Waals surface area contributed by atoms with E-state index in [2.05, 4.69) is 13.1 Å². The first-order valence-electron chi connectivity index (χ1n) is 9.12. The Morgan fingerprint density at radius 1 is 0.964 bits per heavy atom. The van der Waals surface area contributed by atoms with E-state index in [9.17, 15) is 9.90 Å². The molecule has 2 aromatic carbocycles. The number of benzene rings is 2. The number of aromatic hydroxyl groups is 1. The lowest BCUT2D eigenvalue weighted by Gasteiger charge is -2.37. The van der Waals surface area contributed by atoms with Gasteiger partial charge in [-0.25, -0.2) is 0 Å². The third-order valence-corrected chi connectivity index (χ3v) is 9.08. The highest BCUT2D eigenvalue weighted by molar-refractivity contribution is 6.98. The predicted molar refractivity (Wildman–Crippen MR) is 113 cm³/mol.